The molecule has 3 heteroatoms. The van der Waals surface area contributed by atoms with Crippen molar-refractivity contribution in [2.75, 3.05) is 40.8 Å². The summed E-state index contributed by atoms with van der Waals surface area (Å²) in [7, 11) is 5.69. The van der Waals surface area contributed by atoms with Crippen LogP contribution in [-0.4, -0.2) is 58.7 Å². The Labute approximate surface area is 91.3 Å². The van der Waals surface area contributed by atoms with Crippen LogP contribution in [0.15, 0.2) is 0 Å². The first-order valence-corrected chi connectivity index (χ1v) is 9.35. The molecule has 2 nitrogen and oxygen atoms in total. The van der Waals surface area contributed by atoms with Crippen molar-refractivity contribution in [2.45, 2.75) is 32.1 Å². The van der Waals surface area contributed by atoms with Crippen LogP contribution in [0.4, 0.5) is 0 Å². The average Bonchev–Trinajstić information content (AvgIpc) is 1.98. The molecule has 0 aromatic carbocycles. The van der Waals surface area contributed by atoms with Gasteiger partial charge in [0.1, 0.15) is 0 Å². The van der Waals surface area contributed by atoms with Crippen molar-refractivity contribution in [1.29, 1.82) is 0 Å². The minimum absolute atomic E-state index is 0.806. The third kappa shape index (κ3) is 10.2. The first-order valence-electron chi connectivity index (χ1n) is 5.64. The van der Waals surface area contributed by atoms with Crippen LogP contribution in [0, 0.1) is 0 Å². The second-order valence-electron chi connectivity index (χ2n) is 5.77. The van der Waals surface area contributed by atoms with Gasteiger partial charge in [0.05, 0.1) is 0 Å². The minimum atomic E-state index is -0.806. The Morgan fingerprint density at radius 1 is 0.857 bits per heavy atom. The monoisotopic (exact) mass is 216 g/mol. The van der Waals surface area contributed by atoms with E-state index in [0.717, 1.165) is 0 Å². The summed E-state index contributed by atoms with van der Waals surface area (Å²) in [5, 5.41) is 0. The summed E-state index contributed by atoms with van der Waals surface area (Å²) in [6.07, 6.45) is 1.37. The Kier molecular flexibility index (Phi) is 6.65. The van der Waals surface area contributed by atoms with Gasteiger partial charge in [-0.2, -0.15) is 0 Å². The molecular weight excluding hydrogens is 188 g/mol. The van der Waals surface area contributed by atoms with Gasteiger partial charge in [-0.1, -0.05) is 25.7 Å². The maximum Gasteiger partial charge on any atom is 0.0443 e. The second-order valence-corrected chi connectivity index (χ2v) is 11.4. The van der Waals surface area contributed by atoms with Crippen molar-refractivity contribution in [1.82, 2.24) is 9.80 Å². The van der Waals surface area contributed by atoms with Gasteiger partial charge in [-0.05, 0) is 34.1 Å². The van der Waals surface area contributed by atoms with Gasteiger partial charge in [0.15, 0.2) is 0 Å². The fraction of sp³-hybridized carbons (Fsp3) is 1.00. The highest BCUT2D eigenvalue weighted by atomic mass is 28.3. The first kappa shape index (κ1) is 14.1. The number of rotatable bonds is 7. The molecule has 0 saturated carbocycles. The molecule has 0 aliphatic heterocycles. The van der Waals surface area contributed by atoms with E-state index in [1.807, 2.05) is 0 Å². The Morgan fingerprint density at radius 2 is 1.43 bits per heavy atom. The summed E-state index contributed by atoms with van der Waals surface area (Å²) in [5.41, 5.74) is 0. The molecule has 0 aromatic heterocycles. The summed E-state index contributed by atoms with van der Waals surface area (Å²) < 4.78 is 0. The highest BCUT2D eigenvalue weighted by Gasteiger charge is 2.12. The van der Waals surface area contributed by atoms with Crippen LogP contribution in [0.1, 0.15) is 6.42 Å². The second kappa shape index (κ2) is 6.59. The third-order valence-corrected chi connectivity index (χ3v) is 4.25. The van der Waals surface area contributed by atoms with Gasteiger partial charge in [0.25, 0.3) is 0 Å². The fourth-order valence-electron chi connectivity index (χ4n) is 1.36. The predicted octanol–water partition coefficient (Wildman–Crippen LogP) is 2.21. The third-order valence-electron chi connectivity index (χ3n) is 2.40. The molecule has 86 valence electrons. The molecule has 0 rings (SSSR count). The molecule has 14 heavy (non-hydrogen) atoms. The highest BCUT2D eigenvalue weighted by Crippen LogP contribution is 2.10. The SMILES string of the molecule is CN(C)CCN(C)CCC[Si](C)(C)C. The zero-order valence-corrected chi connectivity index (χ0v) is 11.9. The van der Waals surface area contributed by atoms with Crippen molar-refractivity contribution in [3.63, 3.8) is 0 Å². The number of hydrogen-bond acceptors (Lipinski definition) is 2. The van der Waals surface area contributed by atoms with Crippen molar-refractivity contribution >= 4 is 8.07 Å². The summed E-state index contributed by atoms with van der Waals surface area (Å²) in [6.45, 7) is 11.0. The lowest BCUT2D eigenvalue weighted by molar-refractivity contribution is 0.282. The molecule has 0 N–H and O–H groups in total. The van der Waals surface area contributed by atoms with E-state index in [9.17, 15) is 0 Å². The fourth-order valence-corrected chi connectivity index (χ4v) is 2.58. The van der Waals surface area contributed by atoms with Gasteiger partial charge in [0.2, 0.25) is 0 Å². The molecule has 0 saturated heterocycles. The van der Waals surface area contributed by atoms with Gasteiger partial charge in [0, 0.05) is 21.2 Å². The average molecular weight is 216 g/mol. The van der Waals surface area contributed by atoms with Crippen molar-refractivity contribution in [3.05, 3.63) is 0 Å². The molecular formula is C11H28N2Si. The zero-order chi connectivity index (χ0) is 11.2. The number of likely N-dealkylation sites (N-methyl/N-ethyl adjacent to an activating group) is 2. The van der Waals surface area contributed by atoms with Crippen LogP contribution in [0.25, 0.3) is 0 Å². The van der Waals surface area contributed by atoms with E-state index >= 15 is 0 Å². The summed E-state index contributed by atoms with van der Waals surface area (Å²) >= 11 is 0. The van der Waals surface area contributed by atoms with E-state index < -0.39 is 8.07 Å². The Hall–Kier alpha value is 0.137. The van der Waals surface area contributed by atoms with Gasteiger partial charge >= 0.3 is 0 Å². The van der Waals surface area contributed by atoms with Gasteiger partial charge in [-0.3, -0.25) is 0 Å². The van der Waals surface area contributed by atoms with Crippen LogP contribution < -0.4 is 0 Å². The van der Waals surface area contributed by atoms with E-state index in [-0.39, 0.29) is 0 Å². The van der Waals surface area contributed by atoms with Crippen LogP contribution in [0.3, 0.4) is 0 Å². The molecule has 0 bridgehead atoms. The Bertz CT molecular complexity index is 141. The van der Waals surface area contributed by atoms with E-state index in [1.54, 1.807) is 0 Å². The first-order chi connectivity index (χ1) is 6.31. The van der Waals surface area contributed by atoms with Gasteiger partial charge in [-0.15, -0.1) is 0 Å². The van der Waals surface area contributed by atoms with Crippen LogP contribution in [0.5, 0.6) is 0 Å². The molecule has 0 aliphatic carbocycles. The topological polar surface area (TPSA) is 6.48 Å². The molecule has 0 atom stereocenters. The largest absolute Gasteiger partial charge is 0.308 e. The normalized spacial score (nSPS) is 12.9. The lowest BCUT2D eigenvalue weighted by atomic mass is 10.4. The maximum atomic E-state index is 2.45. The van der Waals surface area contributed by atoms with E-state index in [1.165, 1.54) is 32.1 Å². The molecule has 0 heterocycles. The number of nitrogens with zero attached hydrogens (tertiary/aromatic N) is 2. The van der Waals surface area contributed by atoms with Crippen LogP contribution >= 0.6 is 0 Å². The Morgan fingerprint density at radius 3 is 1.86 bits per heavy atom. The van der Waals surface area contributed by atoms with Gasteiger partial charge in [-0.25, -0.2) is 0 Å². The Balaban J connectivity index is 3.40. The van der Waals surface area contributed by atoms with E-state index in [4.69, 9.17) is 0 Å². The van der Waals surface area contributed by atoms with Gasteiger partial charge < -0.3 is 9.80 Å². The molecule has 0 spiro atoms. The predicted molar refractivity (Wildman–Crippen MR) is 68.8 cm³/mol. The molecule has 0 aliphatic rings. The smallest absolute Gasteiger partial charge is 0.0443 e. The van der Waals surface area contributed by atoms with E-state index in [2.05, 4.69) is 50.6 Å². The summed E-state index contributed by atoms with van der Waals surface area (Å²) in [5.74, 6) is 0. The van der Waals surface area contributed by atoms with Crippen molar-refractivity contribution in [3.8, 4) is 0 Å². The molecule has 0 fully saturated rings. The molecule has 0 amide bonds. The molecule has 0 aromatic rings. The minimum Gasteiger partial charge on any atom is -0.308 e. The quantitative estimate of drug-likeness (QED) is 0.602. The van der Waals surface area contributed by atoms with E-state index in [0.29, 0.717) is 0 Å². The number of hydrogen-bond donors (Lipinski definition) is 0. The molecule has 0 radical (unpaired) electrons. The standard InChI is InChI=1S/C11H28N2Si/c1-12(2)9-10-13(3)8-7-11-14(4,5)6/h7-11H2,1-6H3. The van der Waals surface area contributed by atoms with Crippen molar-refractivity contribution in [2.24, 2.45) is 0 Å². The lowest BCUT2D eigenvalue weighted by Crippen LogP contribution is -2.30. The zero-order valence-electron chi connectivity index (χ0n) is 10.9. The molecule has 0 unspecified atom stereocenters. The highest BCUT2D eigenvalue weighted by molar-refractivity contribution is 6.76. The summed E-state index contributed by atoms with van der Waals surface area (Å²) in [4.78, 5) is 4.69. The lowest BCUT2D eigenvalue weighted by Gasteiger charge is -2.21. The summed E-state index contributed by atoms with van der Waals surface area (Å²) in [6, 6.07) is 1.46. The van der Waals surface area contributed by atoms with Crippen LogP contribution in [0.2, 0.25) is 25.7 Å². The van der Waals surface area contributed by atoms with Crippen molar-refractivity contribution < 1.29 is 0 Å². The maximum absolute atomic E-state index is 2.45. The van der Waals surface area contributed by atoms with Crippen LogP contribution in [-0.2, 0) is 0 Å².